The van der Waals surface area contributed by atoms with E-state index < -0.39 is 5.91 Å². The van der Waals surface area contributed by atoms with Crippen molar-refractivity contribution in [2.75, 3.05) is 11.9 Å². The minimum Gasteiger partial charge on any atom is -0.493 e. The molecule has 3 N–H and O–H groups in total. The van der Waals surface area contributed by atoms with Crippen molar-refractivity contribution < 1.29 is 19.1 Å². The van der Waals surface area contributed by atoms with Crippen molar-refractivity contribution in [2.45, 2.75) is 27.4 Å². The number of aryl methyl sites for hydroxylation is 2. The molecule has 31 heavy (non-hydrogen) atoms. The van der Waals surface area contributed by atoms with Crippen molar-refractivity contribution in [3.8, 4) is 11.5 Å². The van der Waals surface area contributed by atoms with Gasteiger partial charge in [0.15, 0.2) is 0 Å². The maximum Gasteiger partial charge on any atom is 0.255 e. The van der Waals surface area contributed by atoms with Crippen molar-refractivity contribution >= 4 is 17.5 Å². The number of benzene rings is 3. The summed E-state index contributed by atoms with van der Waals surface area (Å²) in [5.74, 6) is 0.652. The predicted molar refractivity (Wildman–Crippen MR) is 121 cm³/mol. The molecule has 0 aliphatic heterocycles. The molecule has 0 fully saturated rings. The van der Waals surface area contributed by atoms with Gasteiger partial charge in [-0.25, -0.2) is 0 Å². The van der Waals surface area contributed by atoms with Crippen LogP contribution in [0.3, 0.4) is 0 Å². The van der Waals surface area contributed by atoms with Crippen molar-refractivity contribution in [3.05, 3.63) is 88.5 Å². The highest BCUT2D eigenvalue weighted by Crippen LogP contribution is 2.24. The fourth-order valence-corrected chi connectivity index (χ4v) is 3.23. The molecular weight excluding hydrogens is 392 g/mol. The summed E-state index contributed by atoms with van der Waals surface area (Å²) in [5, 5.41) is 2.82. The highest BCUT2D eigenvalue weighted by atomic mass is 16.5. The van der Waals surface area contributed by atoms with Crippen LogP contribution in [0.25, 0.3) is 0 Å². The second-order valence-electron chi connectivity index (χ2n) is 7.26. The lowest BCUT2D eigenvalue weighted by molar-refractivity contribution is 0.0998. The Morgan fingerprint density at radius 3 is 2.13 bits per heavy atom. The van der Waals surface area contributed by atoms with E-state index in [0.29, 0.717) is 29.2 Å². The van der Waals surface area contributed by atoms with Gasteiger partial charge in [0.25, 0.3) is 5.91 Å². The molecular formula is C25H26N2O4. The highest BCUT2D eigenvalue weighted by molar-refractivity contribution is 6.04. The van der Waals surface area contributed by atoms with Gasteiger partial charge in [-0.15, -0.1) is 0 Å². The average molecular weight is 418 g/mol. The molecule has 6 nitrogen and oxygen atoms in total. The van der Waals surface area contributed by atoms with E-state index in [1.807, 2.05) is 32.9 Å². The number of hydrogen-bond acceptors (Lipinski definition) is 4. The quantitative estimate of drug-likeness (QED) is 0.558. The molecule has 0 heterocycles. The third-order valence-corrected chi connectivity index (χ3v) is 4.64. The number of carbonyl (C=O) groups excluding carboxylic acids is 2. The van der Waals surface area contributed by atoms with Gasteiger partial charge in [0.2, 0.25) is 5.91 Å². The summed E-state index contributed by atoms with van der Waals surface area (Å²) in [6.45, 7) is 6.73. The number of anilines is 1. The molecule has 0 aromatic heterocycles. The number of nitrogens with one attached hydrogen (secondary N) is 1. The van der Waals surface area contributed by atoms with Crippen LogP contribution in [0.2, 0.25) is 0 Å². The second-order valence-corrected chi connectivity index (χ2v) is 7.26. The van der Waals surface area contributed by atoms with Crippen LogP contribution in [-0.4, -0.2) is 18.4 Å². The van der Waals surface area contributed by atoms with Crippen molar-refractivity contribution in [1.82, 2.24) is 0 Å². The second kappa shape index (κ2) is 9.80. The normalized spacial score (nSPS) is 10.4. The van der Waals surface area contributed by atoms with E-state index >= 15 is 0 Å². The number of carbonyl (C=O) groups is 2. The monoisotopic (exact) mass is 418 g/mol. The molecule has 2 amide bonds. The molecule has 0 bridgehead atoms. The van der Waals surface area contributed by atoms with Crippen molar-refractivity contribution in [3.63, 3.8) is 0 Å². The minimum atomic E-state index is -0.516. The van der Waals surface area contributed by atoms with E-state index in [9.17, 15) is 9.59 Å². The summed E-state index contributed by atoms with van der Waals surface area (Å²) in [7, 11) is 0. The van der Waals surface area contributed by atoms with Gasteiger partial charge >= 0.3 is 0 Å². The summed E-state index contributed by atoms with van der Waals surface area (Å²) in [5.41, 5.74) is 9.69. The first-order chi connectivity index (χ1) is 14.9. The number of hydrogen-bond donors (Lipinski definition) is 2. The molecule has 3 aromatic rings. The zero-order chi connectivity index (χ0) is 22.4. The standard InChI is InChI=1S/C25H26N2O4/c1-4-30-23-10-7-19(25(29)27-21-8-5-18(6-9-21)24(26)28)14-20(23)15-31-22-12-16(2)11-17(3)13-22/h5-14H,4,15H2,1-3H3,(H2,26,28)(H,27,29). The lowest BCUT2D eigenvalue weighted by Gasteiger charge is -2.14. The first-order valence-corrected chi connectivity index (χ1v) is 10.0. The molecule has 0 spiro atoms. The highest BCUT2D eigenvalue weighted by Gasteiger charge is 2.12. The SMILES string of the molecule is CCOc1ccc(C(=O)Nc2ccc(C(N)=O)cc2)cc1COc1cc(C)cc(C)c1. The Morgan fingerprint density at radius 2 is 1.52 bits per heavy atom. The van der Waals surface area contributed by atoms with Gasteiger partial charge in [0.1, 0.15) is 18.1 Å². The fraction of sp³-hybridized carbons (Fsp3) is 0.200. The van der Waals surface area contributed by atoms with Crippen LogP contribution in [0.15, 0.2) is 60.7 Å². The largest absolute Gasteiger partial charge is 0.493 e. The Kier molecular flexibility index (Phi) is 6.92. The molecule has 3 aromatic carbocycles. The van der Waals surface area contributed by atoms with E-state index in [2.05, 4.69) is 11.4 Å². The van der Waals surface area contributed by atoms with Crippen LogP contribution in [0.5, 0.6) is 11.5 Å². The Bertz CT molecular complexity index is 1070. The van der Waals surface area contributed by atoms with Gasteiger partial charge in [-0.2, -0.15) is 0 Å². The smallest absolute Gasteiger partial charge is 0.255 e. The van der Waals surface area contributed by atoms with Crippen LogP contribution < -0.4 is 20.5 Å². The topological polar surface area (TPSA) is 90.6 Å². The molecule has 0 atom stereocenters. The van der Waals surface area contributed by atoms with Gasteiger partial charge in [0, 0.05) is 22.4 Å². The van der Waals surface area contributed by atoms with Gasteiger partial charge in [-0.1, -0.05) is 6.07 Å². The molecule has 6 heteroatoms. The summed E-state index contributed by atoms with van der Waals surface area (Å²) in [4.78, 5) is 23.9. The zero-order valence-electron chi connectivity index (χ0n) is 17.9. The van der Waals surface area contributed by atoms with E-state index in [0.717, 1.165) is 22.4 Å². The first-order valence-electron chi connectivity index (χ1n) is 10.0. The number of primary amides is 1. The van der Waals surface area contributed by atoms with Crippen LogP contribution in [-0.2, 0) is 6.61 Å². The molecule has 160 valence electrons. The number of ether oxygens (including phenoxy) is 2. The molecule has 0 aliphatic rings. The Morgan fingerprint density at radius 1 is 0.871 bits per heavy atom. The number of rotatable bonds is 8. The Hall–Kier alpha value is -3.80. The minimum absolute atomic E-state index is 0.270. The van der Waals surface area contributed by atoms with Gasteiger partial charge < -0.3 is 20.5 Å². The molecule has 3 rings (SSSR count). The van der Waals surface area contributed by atoms with Crippen molar-refractivity contribution in [2.24, 2.45) is 5.73 Å². The molecule has 0 saturated heterocycles. The molecule has 0 radical (unpaired) electrons. The van der Waals surface area contributed by atoms with Gasteiger partial charge in [0.05, 0.1) is 6.61 Å². The van der Waals surface area contributed by atoms with E-state index in [-0.39, 0.29) is 12.5 Å². The van der Waals surface area contributed by atoms with E-state index in [4.69, 9.17) is 15.2 Å². The van der Waals surface area contributed by atoms with Crippen LogP contribution >= 0.6 is 0 Å². The van der Waals surface area contributed by atoms with Crippen molar-refractivity contribution in [1.29, 1.82) is 0 Å². The number of amides is 2. The van der Waals surface area contributed by atoms with E-state index in [1.165, 1.54) is 0 Å². The number of nitrogens with two attached hydrogens (primary N) is 1. The summed E-state index contributed by atoms with van der Waals surface area (Å²) in [6.07, 6.45) is 0. The van der Waals surface area contributed by atoms with E-state index in [1.54, 1.807) is 42.5 Å². The summed E-state index contributed by atoms with van der Waals surface area (Å²) in [6, 6.07) is 17.7. The summed E-state index contributed by atoms with van der Waals surface area (Å²) < 4.78 is 11.7. The predicted octanol–water partition coefficient (Wildman–Crippen LogP) is 4.63. The average Bonchev–Trinajstić information content (AvgIpc) is 2.73. The fourth-order valence-electron chi connectivity index (χ4n) is 3.23. The lowest BCUT2D eigenvalue weighted by atomic mass is 10.1. The third-order valence-electron chi connectivity index (χ3n) is 4.64. The van der Waals surface area contributed by atoms with Crippen LogP contribution in [0.1, 0.15) is 44.3 Å². The maximum atomic E-state index is 12.7. The molecule has 0 aliphatic carbocycles. The van der Waals surface area contributed by atoms with Gasteiger partial charge in [-0.3, -0.25) is 9.59 Å². The van der Waals surface area contributed by atoms with Gasteiger partial charge in [-0.05, 0) is 86.5 Å². The summed E-state index contributed by atoms with van der Waals surface area (Å²) >= 11 is 0. The maximum absolute atomic E-state index is 12.7. The van der Waals surface area contributed by atoms with Crippen LogP contribution in [0, 0.1) is 13.8 Å². The molecule has 0 saturated carbocycles. The Labute approximate surface area is 182 Å². The zero-order valence-corrected chi connectivity index (χ0v) is 17.9. The van der Waals surface area contributed by atoms with Crippen LogP contribution in [0.4, 0.5) is 5.69 Å². The Balaban J connectivity index is 1.77. The third kappa shape index (κ3) is 5.85. The molecule has 0 unspecified atom stereocenters. The first kappa shape index (κ1) is 21.9. The lowest BCUT2D eigenvalue weighted by Crippen LogP contribution is -2.14.